The molecule has 49 heavy (non-hydrogen) atoms. The van der Waals surface area contributed by atoms with Crippen LogP contribution in [-0.4, -0.2) is 19.3 Å². The van der Waals surface area contributed by atoms with Gasteiger partial charge < -0.3 is 4.74 Å². The summed E-state index contributed by atoms with van der Waals surface area (Å²) in [5, 5.41) is 7.66. The van der Waals surface area contributed by atoms with E-state index in [0.717, 1.165) is 65.4 Å². The second-order valence-corrected chi connectivity index (χ2v) is 13.1. The zero-order valence-electron chi connectivity index (χ0n) is 30.1. The number of rotatable bonds is 9. The van der Waals surface area contributed by atoms with Gasteiger partial charge >= 0.3 is 0 Å². The SMILES string of the molecule is CCc1nn(-c2cccc(Oc3ccc4c5ccccc5n(-c5cc(C)ccn5)c4c3)c2)c(CC)c1-c1c(CC)c(C)c(C)c(C)c1CC. The van der Waals surface area contributed by atoms with E-state index in [-0.39, 0.29) is 0 Å². The number of para-hydroxylation sites is 1. The molecule has 0 spiro atoms. The van der Waals surface area contributed by atoms with Gasteiger partial charge in [0.25, 0.3) is 0 Å². The van der Waals surface area contributed by atoms with Gasteiger partial charge in [-0.15, -0.1) is 0 Å². The average molecular weight is 647 g/mol. The summed E-state index contributed by atoms with van der Waals surface area (Å²) in [5.41, 5.74) is 16.6. The number of ether oxygens (including phenoxy) is 1. The van der Waals surface area contributed by atoms with Crippen LogP contribution in [0.25, 0.3) is 44.4 Å². The van der Waals surface area contributed by atoms with Gasteiger partial charge in [-0.2, -0.15) is 5.10 Å². The van der Waals surface area contributed by atoms with Crippen molar-refractivity contribution in [2.24, 2.45) is 0 Å². The van der Waals surface area contributed by atoms with Crippen LogP contribution in [0.1, 0.15) is 72.5 Å². The maximum Gasteiger partial charge on any atom is 0.137 e. The van der Waals surface area contributed by atoms with Crippen molar-refractivity contribution in [2.45, 2.75) is 81.1 Å². The van der Waals surface area contributed by atoms with Crippen LogP contribution in [0, 0.1) is 27.7 Å². The molecule has 0 aliphatic heterocycles. The highest BCUT2D eigenvalue weighted by molar-refractivity contribution is 6.09. The van der Waals surface area contributed by atoms with Crippen molar-refractivity contribution in [1.82, 2.24) is 19.3 Å². The molecule has 5 nitrogen and oxygen atoms in total. The van der Waals surface area contributed by atoms with E-state index in [9.17, 15) is 0 Å². The molecule has 5 heteroatoms. The number of nitrogens with zero attached hydrogens (tertiary/aromatic N) is 4. The van der Waals surface area contributed by atoms with E-state index in [2.05, 4.69) is 131 Å². The Bertz CT molecular complexity index is 2320. The summed E-state index contributed by atoms with van der Waals surface area (Å²) in [6.07, 6.45) is 5.62. The van der Waals surface area contributed by atoms with E-state index in [0.29, 0.717) is 0 Å². The predicted octanol–water partition coefficient (Wildman–Crippen LogP) is 11.3. The van der Waals surface area contributed by atoms with Crippen LogP contribution in [0.5, 0.6) is 11.5 Å². The first-order chi connectivity index (χ1) is 23.8. The first-order valence-electron chi connectivity index (χ1n) is 17.8. The van der Waals surface area contributed by atoms with Gasteiger partial charge in [-0.05, 0) is 135 Å². The lowest BCUT2D eigenvalue weighted by atomic mass is 9.82. The van der Waals surface area contributed by atoms with Gasteiger partial charge in [-0.1, -0.05) is 52.0 Å². The summed E-state index contributed by atoms with van der Waals surface area (Å²) in [5.74, 6) is 2.45. The molecule has 7 rings (SSSR count). The second kappa shape index (κ2) is 13.0. The van der Waals surface area contributed by atoms with E-state index in [1.54, 1.807) is 0 Å². The van der Waals surface area contributed by atoms with E-state index >= 15 is 0 Å². The molecule has 0 aliphatic carbocycles. The Morgan fingerprint density at radius 1 is 0.612 bits per heavy atom. The van der Waals surface area contributed by atoms with Crippen molar-refractivity contribution in [3.05, 3.63) is 130 Å². The summed E-state index contributed by atoms with van der Waals surface area (Å²) in [6.45, 7) is 18.0. The summed E-state index contributed by atoms with van der Waals surface area (Å²) in [7, 11) is 0. The summed E-state index contributed by atoms with van der Waals surface area (Å²) in [6, 6.07) is 27.4. The Hall–Kier alpha value is -5.16. The van der Waals surface area contributed by atoms with Gasteiger partial charge in [0.1, 0.15) is 17.3 Å². The molecule has 0 fully saturated rings. The van der Waals surface area contributed by atoms with Crippen LogP contribution in [0.2, 0.25) is 0 Å². The topological polar surface area (TPSA) is 44.9 Å². The molecule has 0 unspecified atom stereocenters. The van der Waals surface area contributed by atoms with Crippen molar-refractivity contribution >= 4 is 21.8 Å². The molecule has 0 saturated carbocycles. The molecular formula is C44H46N4O. The first kappa shape index (κ1) is 32.4. The van der Waals surface area contributed by atoms with Crippen molar-refractivity contribution < 1.29 is 4.74 Å². The molecule has 248 valence electrons. The third-order valence-electron chi connectivity index (χ3n) is 10.4. The Kier molecular flexibility index (Phi) is 8.62. The smallest absolute Gasteiger partial charge is 0.137 e. The molecule has 3 aromatic heterocycles. The summed E-state index contributed by atoms with van der Waals surface area (Å²) < 4.78 is 11.0. The minimum atomic E-state index is 0.774. The quantitative estimate of drug-likeness (QED) is 0.157. The zero-order chi connectivity index (χ0) is 34.4. The monoisotopic (exact) mass is 646 g/mol. The van der Waals surface area contributed by atoms with Crippen LogP contribution in [0.3, 0.4) is 0 Å². The third-order valence-corrected chi connectivity index (χ3v) is 10.4. The standard InChI is InChI=1S/C44H46N4O/c1-9-34-29(7)28(6)30(8)35(10-2)43(34)44-38(11-3)46-48(39(44)12-4)31-16-15-17-32(25-31)49-33-20-21-37-36-18-13-14-19-40(36)47(41(37)26-33)42-24-27(5)22-23-45-42/h13-26H,9-12H2,1-8H3. The van der Waals surface area contributed by atoms with Gasteiger partial charge in [0, 0.05) is 34.7 Å². The van der Waals surface area contributed by atoms with Crippen molar-refractivity contribution in [1.29, 1.82) is 0 Å². The number of benzene rings is 4. The fourth-order valence-electron chi connectivity index (χ4n) is 7.77. The van der Waals surface area contributed by atoms with E-state index in [1.807, 2.05) is 18.3 Å². The van der Waals surface area contributed by atoms with E-state index in [4.69, 9.17) is 14.8 Å². The van der Waals surface area contributed by atoms with Crippen LogP contribution in [0.4, 0.5) is 0 Å². The van der Waals surface area contributed by atoms with Gasteiger partial charge in [-0.3, -0.25) is 4.57 Å². The Labute approximate surface area is 290 Å². The minimum Gasteiger partial charge on any atom is -0.457 e. The van der Waals surface area contributed by atoms with Crippen LogP contribution in [0.15, 0.2) is 85.1 Å². The molecule has 7 aromatic rings. The van der Waals surface area contributed by atoms with Crippen molar-refractivity contribution in [3.8, 4) is 34.1 Å². The largest absolute Gasteiger partial charge is 0.457 e. The number of hydrogen-bond donors (Lipinski definition) is 0. The maximum absolute atomic E-state index is 6.62. The Morgan fingerprint density at radius 3 is 2.02 bits per heavy atom. The third kappa shape index (κ3) is 5.42. The van der Waals surface area contributed by atoms with Crippen LogP contribution >= 0.6 is 0 Å². The highest BCUT2D eigenvalue weighted by Gasteiger charge is 2.25. The molecule has 0 amide bonds. The number of hydrogen-bond acceptors (Lipinski definition) is 3. The average Bonchev–Trinajstić information content (AvgIpc) is 3.66. The molecule has 3 heterocycles. The molecular weight excluding hydrogens is 601 g/mol. The van der Waals surface area contributed by atoms with Gasteiger partial charge in [0.05, 0.1) is 28.1 Å². The van der Waals surface area contributed by atoms with E-state index < -0.39 is 0 Å². The molecule has 0 aliphatic rings. The number of aromatic nitrogens is 4. The van der Waals surface area contributed by atoms with Crippen LogP contribution in [-0.2, 0) is 25.7 Å². The van der Waals surface area contributed by atoms with E-state index in [1.165, 1.54) is 61.0 Å². The zero-order valence-corrected chi connectivity index (χ0v) is 30.1. The maximum atomic E-state index is 6.62. The normalized spacial score (nSPS) is 11.6. The summed E-state index contributed by atoms with van der Waals surface area (Å²) >= 11 is 0. The van der Waals surface area contributed by atoms with Gasteiger partial charge in [0.2, 0.25) is 0 Å². The van der Waals surface area contributed by atoms with Crippen molar-refractivity contribution in [3.63, 3.8) is 0 Å². The lowest BCUT2D eigenvalue weighted by Gasteiger charge is -2.23. The number of fused-ring (bicyclic) bond motifs is 3. The first-order valence-corrected chi connectivity index (χ1v) is 17.8. The molecule has 0 bridgehead atoms. The fraction of sp³-hybridized carbons (Fsp3) is 0.273. The number of pyridine rings is 1. The second-order valence-electron chi connectivity index (χ2n) is 13.1. The molecule has 4 aromatic carbocycles. The predicted molar refractivity (Wildman–Crippen MR) is 204 cm³/mol. The molecule has 0 radical (unpaired) electrons. The fourth-order valence-corrected chi connectivity index (χ4v) is 7.77. The number of aryl methyl sites for hydroxylation is 2. The molecule has 0 N–H and O–H groups in total. The Balaban J connectivity index is 1.33. The Morgan fingerprint density at radius 2 is 1.33 bits per heavy atom. The highest BCUT2D eigenvalue weighted by Crippen LogP contribution is 2.41. The lowest BCUT2D eigenvalue weighted by molar-refractivity contribution is 0.482. The van der Waals surface area contributed by atoms with Crippen molar-refractivity contribution in [2.75, 3.05) is 0 Å². The highest BCUT2D eigenvalue weighted by atomic mass is 16.5. The summed E-state index contributed by atoms with van der Waals surface area (Å²) in [4.78, 5) is 4.74. The van der Waals surface area contributed by atoms with Gasteiger partial charge in [0.15, 0.2) is 0 Å². The van der Waals surface area contributed by atoms with Crippen LogP contribution < -0.4 is 4.74 Å². The molecule has 0 atom stereocenters. The minimum absolute atomic E-state index is 0.774. The van der Waals surface area contributed by atoms with Gasteiger partial charge in [-0.25, -0.2) is 9.67 Å². The lowest BCUT2D eigenvalue weighted by Crippen LogP contribution is -2.07. The molecule has 0 saturated heterocycles.